The molecular formula is C14H20BrFN2. The van der Waals surface area contributed by atoms with Crippen LogP contribution in [0.25, 0.3) is 0 Å². The third kappa shape index (κ3) is 2.92. The van der Waals surface area contributed by atoms with E-state index >= 15 is 0 Å². The summed E-state index contributed by atoms with van der Waals surface area (Å²) >= 11 is 3.45. The first kappa shape index (κ1) is 14.0. The zero-order valence-electron chi connectivity index (χ0n) is 10.7. The van der Waals surface area contributed by atoms with Crippen LogP contribution in [0.4, 0.5) is 4.39 Å². The Balaban J connectivity index is 2.26. The summed E-state index contributed by atoms with van der Waals surface area (Å²) < 4.78 is 14.0. The molecule has 1 aromatic carbocycles. The van der Waals surface area contributed by atoms with Crippen LogP contribution in [0.2, 0.25) is 0 Å². The molecule has 1 fully saturated rings. The van der Waals surface area contributed by atoms with E-state index in [9.17, 15) is 4.39 Å². The highest BCUT2D eigenvalue weighted by atomic mass is 79.9. The van der Waals surface area contributed by atoms with Gasteiger partial charge in [-0.3, -0.25) is 4.90 Å². The van der Waals surface area contributed by atoms with Crippen LogP contribution in [0.15, 0.2) is 22.7 Å². The van der Waals surface area contributed by atoms with Crippen LogP contribution in [-0.4, -0.2) is 24.0 Å². The summed E-state index contributed by atoms with van der Waals surface area (Å²) in [5, 5.41) is 0. The van der Waals surface area contributed by atoms with Crippen LogP contribution in [0, 0.1) is 5.82 Å². The van der Waals surface area contributed by atoms with Crippen molar-refractivity contribution in [2.24, 2.45) is 5.73 Å². The molecule has 2 rings (SSSR count). The van der Waals surface area contributed by atoms with E-state index in [1.165, 1.54) is 31.4 Å². The molecule has 0 saturated carbocycles. The van der Waals surface area contributed by atoms with Crippen molar-refractivity contribution in [1.29, 1.82) is 0 Å². The largest absolute Gasteiger partial charge is 0.329 e. The van der Waals surface area contributed by atoms with E-state index in [0.717, 1.165) is 16.6 Å². The van der Waals surface area contributed by atoms with Crippen LogP contribution in [0.1, 0.15) is 37.8 Å². The van der Waals surface area contributed by atoms with Gasteiger partial charge in [-0.1, -0.05) is 28.4 Å². The van der Waals surface area contributed by atoms with E-state index in [-0.39, 0.29) is 11.9 Å². The second-order valence-electron chi connectivity index (χ2n) is 5.00. The van der Waals surface area contributed by atoms with Gasteiger partial charge in [-0.2, -0.15) is 0 Å². The van der Waals surface area contributed by atoms with Crippen molar-refractivity contribution >= 4 is 15.9 Å². The Labute approximate surface area is 116 Å². The van der Waals surface area contributed by atoms with Crippen molar-refractivity contribution in [1.82, 2.24) is 4.90 Å². The Morgan fingerprint density at radius 2 is 2.28 bits per heavy atom. The number of benzene rings is 1. The highest BCUT2D eigenvalue weighted by molar-refractivity contribution is 9.10. The molecule has 2 N–H and O–H groups in total. The second-order valence-corrected chi connectivity index (χ2v) is 5.85. The topological polar surface area (TPSA) is 29.3 Å². The number of hydrogen-bond acceptors (Lipinski definition) is 2. The number of likely N-dealkylation sites (tertiary alicyclic amines) is 1. The normalized spacial score (nSPS) is 23.0. The van der Waals surface area contributed by atoms with Gasteiger partial charge in [0.2, 0.25) is 0 Å². The highest BCUT2D eigenvalue weighted by Gasteiger charge is 2.27. The number of piperidine rings is 1. The Kier molecular flexibility index (Phi) is 4.76. The predicted molar refractivity (Wildman–Crippen MR) is 75.9 cm³/mol. The van der Waals surface area contributed by atoms with Crippen molar-refractivity contribution in [3.63, 3.8) is 0 Å². The molecule has 0 aromatic heterocycles. The van der Waals surface area contributed by atoms with E-state index in [1.807, 2.05) is 6.07 Å². The summed E-state index contributed by atoms with van der Waals surface area (Å²) in [5.74, 6) is -0.215. The first-order valence-electron chi connectivity index (χ1n) is 6.54. The summed E-state index contributed by atoms with van der Waals surface area (Å²) in [6, 6.07) is 5.60. The number of hydrogen-bond donors (Lipinski definition) is 1. The molecule has 2 atom stereocenters. The molecule has 2 unspecified atom stereocenters. The molecule has 0 bridgehead atoms. The maximum Gasteiger partial charge on any atom is 0.124 e. The minimum absolute atomic E-state index is 0.176. The van der Waals surface area contributed by atoms with E-state index in [1.54, 1.807) is 0 Å². The number of halogens is 2. The van der Waals surface area contributed by atoms with Gasteiger partial charge in [0.25, 0.3) is 0 Å². The minimum atomic E-state index is -0.215. The fourth-order valence-corrected chi connectivity index (χ4v) is 3.41. The lowest BCUT2D eigenvalue weighted by molar-refractivity contribution is 0.108. The van der Waals surface area contributed by atoms with Crippen molar-refractivity contribution in [3.05, 3.63) is 34.1 Å². The van der Waals surface area contributed by atoms with Crippen molar-refractivity contribution in [2.75, 3.05) is 13.1 Å². The summed E-state index contributed by atoms with van der Waals surface area (Å²) in [4.78, 5) is 2.45. The van der Waals surface area contributed by atoms with Gasteiger partial charge in [-0.15, -0.1) is 0 Å². The first-order chi connectivity index (χ1) is 8.63. The van der Waals surface area contributed by atoms with Gasteiger partial charge in [-0.05, 0) is 44.0 Å². The molecule has 1 saturated heterocycles. The molecule has 0 radical (unpaired) electrons. The van der Waals surface area contributed by atoms with Crippen LogP contribution in [-0.2, 0) is 0 Å². The molecule has 1 aliphatic heterocycles. The fourth-order valence-electron chi connectivity index (χ4n) is 2.80. The molecule has 1 heterocycles. The van der Waals surface area contributed by atoms with Crippen molar-refractivity contribution in [3.8, 4) is 0 Å². The molecule has 1 aromatic rings. The third-order valence-corrected chi connectivity index (χ3v) is 4.49. The second kappa shape index (κ2) is 6.13. The maximum atomic E-state index is 13.2. The van der Waals surface area contributed by atoms with Crippen molar-refractivity contribution < 1.29 is 4.39 Å². The number of rotatable bonds is 3. The fraction of sp³-hybridized carbons (Fsp3) is 0.571. The Hall–Kier alpha value is -0.450. The van der Waals surface area contributed by atoms with Gasteiger partial charge in [-0.25, -0.2) is 4.39 Å². The molecular weight excluding hydrogens is 295 g/mol. The Morgan fingerprint density at radius 1 is 1.50 bits per heavy atom. The van der Waals surface area contributed by atoms with Crippen LogP contribution >= 0.6 is 15.9 Å². The van der Waals surface area contributed by atoms with Crippen LogP contribution in [0.5, 0.6) is 0 Å². The number of nitrogens with two attached hydrogens (primary N) is 1. The van der Waals surface area contributed by atoms with E-state index in [0.29, 0.717) is 12.6 Å². The van der Waals surface area contributed by atoms with Gasteiger partial charge in [0.1, 0.15) is 5.82 Å². The van der Waals surface area contributed by atoms with Crippen LogP contribution < -0.4 is 5.73 Å². The first-order valence-corrected chi connectivity index (χ1v) is 7.33. The van der Waals surface area contributed by atoms with E-state index in [4.69, 9.17) is 5.73 Å². The van der Waals surface area contributed by atoms with Gasteiger partial charge in [0.15, 0.2) is 0 Å². The zero-order chi connectivity index (χ0) is 13.1. The van der Waals surface area contributed by atoms with Gasteiger partial charge >= 0.3 is 0 Å². The molecule has 0 amide bonds. The van der Waals surface area contributed by atoms with Crippen LogP contribution in [0.3, 0.4) is 0 Å². The van der Waals surface area contributed by atoms with Crippen molar-refractivity contribution in [2.45, 2.75) is 38.3 Å². The average molecular weight is 315 g/mol. The molecule has 0 spiro atoms. The quantitative estimate of drug-likeness (QED) is 0.925. The Bertz CT molecular complexity index is 411. The third-order valence-electron chi connectivity index (χ3n) is 3.80. The lowest BCUT2D eigenvalue weighted by atomic mass is 9.97. The molecule has 2 nitrogen and oxygen atoms in total. The van der Waals surface area contributed by atoms with Gasteiger partial charge < -0.3 is 5.73 Å². The molecule has 4 heteroatoms. The standard InChI is InChI=1S/C14H20BrFN2/c1-10-4-2-3-7-18(10)14(9-17)12-6-5-11(16)8-13(12)15/h5-6,8,10,14H,2-4,7,9,17H2,1H3. The summed E-state index contributed by atoms with van der Waals surface area (Å²) in [6.07, 6.45) is 3.73. The maximum absolute atomic E-state index is 13.2. The lowest BCUT2D eigenvalue weighted by Gasteiger charge is -2.39. The Morgan fingerprint density at radius 3 is 2.89 bits per heavy atom. The monoisotopic (exact) mass is 314 g/mol. The summed E-state index contributed by atoms with van der Waals surface area (Å²) in [6.45, 7) is 3.89. The molecule has 18 heavy (non-hydrogen) atoms. The highest BCUT2D eigenvalue weighted by Crippen LogP contribution is 2.32. The SMILES string of the molecule is CC1CCCCN1C(CN)c1ccc(F)cc1Br. The van der Waals surface area contributed by atoms with Gasteiger partial charge in [0.05, 0.1) is 0 Å². The minimum Gasteiger partial charge on any atom is -0.329 e. The molecule has 1 aliphatic rings. The summed E-state index contributed by atoms with van der Waals surface area (Å²) in [5.41, 5.74) is 7.04. The smallest absolute Gasteiger partial charge is 0.124 e. The summed E-state index contributed by atoms with van der Waals surface area (Å²) in [7, 11) is 0. The molecule has 100 valence electrons. The zero-order valence-corrected chi connectivity index (χ0v) is 12.3. The van der Waals surface area contributed by atoms with E-state index < -0.39 is 0 Å². The predicted octanol–water partition coefficient (Wildman–Crippen LogP) is 3.46. The number of nitrogens with zero attached hydrogens (tertiary/aromatic N) is 1. The lowest BCUT2D eigenvalue weighted by Crippen LogP contribution is -2.43. The van der Waals surface area contributed by atoms with E-state index in [2.05, 4.69) is 27.8 Å². The molecule has 0 aliphatic carbocycles. The van der Waals surface area contributed by atoms with Gasteiger partial charge in [0, 0.05) is 23.1 Å². The average Bonchev–Trinajstić information content (AvgIpc) is 2.34.